The predicted octanol–water partition coefficient (Wildman–Crippen LogP) is 14.1. The van der Waals surface area contributed by atoms with Crippen LogP contribution in [-0.4, -0.2) is 19.5 Å². The summed E-state index contributed by atoms with van der Waals surface area (Å²) < 4.78 is 4.76. The molecule has 0 atom stereocenters. The van der Waals surface area contributed by atoms with Gasteiger partial charge in [0.15, 0.2) is 0 Å². The molecule has 0 aliphatic carbocycles. The van der Waals surface area contributed by atoms with Gasteiger partial charge in [0.1, 0.15) is 0 Å². The average Bonchev–Trinajstić information content (AvgIpc) is 3.79. The van der Waals surface area contributed by atoms with Crippen molar-refractivity contribution in [3.05, 3.63) is 193 Å². The molecule has 4 heterocycles. The molecule has 59 heavy (non-hydrogen) atoms. The van der Waals surface area contributed by atoms with Crippen LogP contribution in [0.1, 0.15) is 11.1 Å². The van der Waals surface area contributed by atoms with E-state index in [1.165, 1.54) is 42.4 Å². The third-order valence-electron chi connectivity index (χ3n) is 11.0. The van der Waals surface area contributed by atoms with Gasteiger partial charge in [-0.3, -0.25) is 4.57 Å². The molecule has 11 aromatic rings. The standard InChI is InChI=1S/C53H35N4S.Ir/c1-33-24-34(2)26-41(25-33)39-19-21-42-45-30-44-43-28-38(37-16-11-17-40(27-37)46-18-9-10-23-54-46)20-22-49(43)57(50(44)32-52(45)58-51(42)29-39)53-55-47(35-12-5-3-6-13-35)31-48(56-53)36-14-7-4-8-15-36;/h3-16,18-32H,1-2H3;/q-1;. The predicted molar refractivity (Wildman–Crippen MR) is 243 cm³/mol. The van der Waals surface area contributed by atoms with E-state index in [0.29, 0.717) is 5.95 Å². The molecule has 1 radical (unpaired) electrons. The van der Waals surface area contributed by atoms with Crippen LogP contribution in [0.4, 0.5) is 0 Å². The van der Waals surface area contributed by atoms with E-state index in [9.17, 15) is 0 Å². The second-order valence-corrected chi connectivity index (χ2v) is 16.1. The van der Waals surface area contributed by atoms with Crippen molar-refractivity contribution in [1.29, 1.82) is 0 Å². The van der Waals surface area contributed by atoms with Gasteiger partial charge in [0.25, 0.3) is 0 Å². The van der Waals surface area contributed by atoms with Crippen molar-refractivity contribution in [3.63, 3.8) is 0 Å². The van der Waals surface area contributed by atoms with E-state index in [2.05, 4.69) is 163 Å². The van der Waals surface area contributed by atoms with Gasteiger partial charge in [-0.05, 0) is 78.7 Å². The molecule has 11 rings (SSSR count). The van der Waals surface area contributed by atoms with Crippen molar-refractivity contribution >= 4 is 53.3 Å². The van der Waals surface area contributed by atoms with Crippen LogP contribution in [-0.2, 0) is 20.1 Å². The van der Waals surface area contributed by atoms with Crippen LogP contribution in [0.5, 0.6) is 0 Å². The monoisotopic (exact) mass is 952 g/mol. The Morgan fingerprint density at radius 3 is 1.81 bits per heavy atom. The van der Waals surface area contributed by atoms with Crippen LogP contribution in [0.2, 0.25) is 0 Å². The Labute approximate surface area is 359 Å². The number of aromatic nitrogens is 4. The van der Waals surface area contributed by atoms with E-state index in [-0.39, 0.29) is 20.1 Å². The maximum Gasteiger partial charge on any atom is 0.235 e. The number of hydrogen-bond donors (Lipinski definition) is 0. The summed E-state index contributed by atoms with van der Waals surface area (Å²) in [7, 11) is 0. The zero-order chi connectivity index (χ0) is 38.7. The number of hydrogen-bond acceptors (Lipinski definition) is 4. The SMILES string of the molecule is Cc1cc(C)cc(-c2ccc3c(c2)sc2cc4c(cc23)c2cc(-c3cc[c-]c(-c5ccccn5)c3)ccc2n4-c2nc(-c3ccccc3)cc(-c3ccccc3)n2)c1.[Ir]. The molecule has 0 unspecified atom stereocenters. The number of pyridine rings is 1. The fourth-order valence-corrected chi connectivity index (χ4v) is 9.53. The Morgan fingerprint density at radius 2 is 1.10 bits per heavy atom. The summed E-state index contributed by atoms with van der Waals surface area (Å²) in [4.78, 5) is 15.2. The molecule has 0 saturated carbocycles. The Morgan fingerprint density at radius 1 is 0.458 bits per heavy atom. The Hall–Kier alpha value is -6.56. The maximum atomic E-state index is 5.32. The van der Waals surface area contributed by atoms with Crippen LogP contribution < -0.4 is 0 Å². The number of benzene rings is 7. The van der Waals surface area contributed by atoms with Crippen LogP contribution in [0.3, 0.4) is 0 Å². The number of rotatable bonds is 6. The molecule has 4 aromatic heterocycles. The second kappa shape index (κ2) is 15.0. The van der Waals surface area contributed by atoms with Crippen LogP contribution in [0.15, 0.2) is 176 Å². The van der Waals surface area contributed by atoms with Gasteiger partial charge in [-0.2, -0.15) is 0 Å². The topological polar surface area (TPSA) is 43.6 Å². The third kappa shape index (κ3) is 6.66. The number of aryl methyl sites for hydroxylation is 2. The molecule has 7 aromatic carbocycles. The number of thiophene rings is 1. The Kier molecular flexibility index (Phi) is 9.34. The molecule has 0 amide bonds. The van der Waals surface area contributed by atoms with E-state index < -0.39 is 0 Å². The van der Waals surface area contributed by atoms with Gasteiger partial charge in [0, 0.05) is 68.4 Å². The number of fused-ring (bicyclic) bond motifs is 6. The van der Waals surface area contributed by atoms with Gasteiger partial charge in [0.05, 0.1) is 22.4 Å². The quantitative estimate of drug-likeness (QED) is 0.156. The molecular formula is C53H35IrN4S-. The van der Waals surface area contributed by atoms with E-state index in [4.69, 9.17) is 9.97 Å². The first-order valence-electron chi connectivity index (χ1n) is 19.5. The summed E-state index contributed by atoms with van der Waals surface area (Å²) >= 11 is 1.84. The zero-order valence-corrected chi connectivity index (χ0v) is 35.5. The van der Waals surface area contributed by atoms with Crippen molar-refractivity contribution < 1.29 is 20.1 Å². The molecular weight excluding hydrogens is 917 g/mol. The first-order chi connectivity index (χ1) is 28.5. The maximum absolute atomic E-state index is 5.32. The zero-order valence-electron chi connectivity index (χ0n) is 32.3. The van der Waals surface area contributed by atoms with Gasteiger partial charge in [-0.25, -0.2) is 9.97 Å². The summed E-state index contributed by atoms with van der Waals surface area (Å²) in [5, 5.41) is 4.81. The molecule has 283 valence electrons. The molecule has 0 aliphatic heterocycles. The summed E-state index contributed by atoms with van der Waals surface area (Å²) in [5.74, 6) is 0.636. The summed E-state index contributed by atoms with van der Waals surface area (Å²) in [6, 6.07) is 63.8. The normalized spacial score (nSPS) is 11.4. The fourth-order valence-electron chi connectivity index (χ4n) is 8.37. The molecule has 0 N–H and O–H groups in total. The largest absolute Gasteiger partial charge is 0.305 e. The van der Waals surface area contributed by atoms with Gasteiger partial charge in [0.2, 0.25) is 5.95 Å². The van der Waals surface area contributed by atoms with E-state index in [0.717, 1.165) is 66.7 Å². The molecule has 0 spiro atoms. The first kappa shape index (κ1) is 36.8. The fraction of sp³-hybridized carbons (Fsp3) is 0.0377. The average molecular weight is 952 g/mol. The molecule has 0 bridgehead atoms. The smallest absolute Gasteiger partial charge is 0.235 e. The minimum absolute atomic E-state index is 0. The molecule has 0 saturated heterocycles. The van der Waals surface area contributed by atoms with Crippen molar-refractivity contribution in [2.45, 2.75) is 13.8 Å². The molecule has 4 nitrogen and oxygen atoms in total. The third-order valence-corrected chi connectivity index (χ3v) is 12.2. The van der Waals surface area contributed by atoms with Crippen molar-refractivity contribution in [3.8, 4) is 62.0 Å². The van der Waals surface area contributed by atoms with E-state index in [1.54, 1.807) is 0 Å². The molecule has 0 aliphatic rings. The summed E-state index contributed by atoms with van der Waals surface area (Å²) in [5.41, 5.74) is 15.1. The minimum atomic E-state index is 0. The minimum Gasteiger partial charge on any atom is -0.305 e. The Bertz CT molecular complexity index is 3280. The van der Waals surface area contributed by atoms with Crippen molar-refractivity contribution in [2.24, 2.45) is 0 Å². The van der Waals surface area contributed by atoms with Crippen LogP contribution >= 0.6 is 11.3 Å². The Balaban J connectivity index is 0.00000420. The van der Waals surface area contributed by atoms with Gasteiger partial charge >= 0.3 is 0 Å². The van der Waals surface area contributed by atoms with Gasteiger partial charge in [-0.15, -0.1) is 46.7 Å². The second-order valence-electron chi connectivity index (χ2n) is 15.0. The van der Waals surface area contributed by atoms with Crippen LogP contribution in [0.25, 0.3) is 104 Å². The first-order valence-corrected chi connectivity index (χ1v) is 20.3. The van der Waals surface area contributed by atoms with E-state index >= 15 is 0 Å². The molecule has 6 heteroatoms. The van der Waals surface area contributed by atoms with E-state index in [1.807, 2.05) is 53.9 Å². The van der Waals surface area contributed by atoms with Gasteiger partial charge < -0.3 is 4.98 Å². The summed E-state index contributed by atoms with van der Waals surface area (Å²) in [6.07, 6.45) is 1.83. The van der Waals surface area contributed by atoms with Crippen molar-refractivity contribution in [1.82, 2.24) is 19.5 Å². The van der Waals surface area contributed by atoms with Gasteiger partial charge in [-0.1, -0.05) is 120 Å². The van der Waals surface area contributed by atoms with Crippen molar-refractivity contribution in [2.75, 3.05) is 0 Å². The number of nitrogens with zero attached hydrogens (tertiary/aromatic N) is 4. The summed E-state index contributed by atoms with van der Waals surface area (Å²) in [6.45, 7) is 4.34. The van der Waals surface area contributed by atoms with Crippen LogP contribution in [0, 0.1) is 19.9 Å². The molecule has 0 fully saturated rings.